The number of aryl methyl sites for hydroxylation is 1. The Bertz CT molecular complexity index is 1420. The summed E-state index contributed by atoms with van der Waals surface area (Å²) < 4.78 is 58.1. The summed E-state index contributed by atoms with van der Waals surface area (Å²) in [5.41, 5.74) is 8.61. The van der Waals surface area contributed by atoms with Crippen molar-refractivity contribution in [2.24, 2.45) is 10.2 Å². The van der Waals surface area contributed by atoms with E-state index in [0.29, 0.717) is 28.0 Å². The summed E-state index contributed by atoms with van der Waals surface area (Å²) in [7, 11) is -8.56. The van der Waals surface area contributed by atoms with Gasteiger partial charge >= 0.3 is 10.4 Å². The van der Waals surface area contributed by atoms with Gasteiger partial charge in [-0.2, -0.15) is 13.5 Å². The highest BCUT2D eigenvalue weighted by Gasteiger charge is 2.17. The van der Waals surface area contributed by atoms with Crippen LogP contribution in [0, 0.1) is 13.8 Å². The van der Waals surface area contributed by atoms with Gasteiger partial charge in [0.15, 0.2) is 9.84 Å². The second kappa shape index (κ2) is 8.82. The van der Waals surface area contributed by atoms with Crippen LogP contribution in [0.3, 0.4) is 0 Å². The number of hydrogen-bond donors (Lipinski definition) is 3. The number of benzene rings is 3. The molecule has 12 heteroatoms. The van der Waals surface area contributed by atoms with E-state index in [0.717, 1.165) is 10.9 Å². The van der Waals surface area contributed by atoms with Gasteiger partial charge in [-0.3, -0.25) is 4.55 Å². The fourth-order valence-electron chi connectivity index (χ4n) is 3.01. The molecule has 3 aromatic rings. The summed E-state index contributed by atoms with van der Waals surface area (Å²) in [5.74, 6) is -0.576. The highest BCUT2D eigenvalue weighted by atomic mass is 32.3. The quantitative estimate of drug-likeness (QED) is 0.261. The number of anilines is 1. The molecule has 4 N–H and O–H groups in total. The van der Waals surface area contributed by atoms with Crippen molar-refractivity contribution in [2.45, 2.75) is 18.7 Å². The van der Waals surface area contributed by atoms with Crippen molar-refractivity contribution in [2.75, 3.05) is 18.1 Å². The lowest BCUT2D eigenvalue weighted by Gasteiger charge is -2.11. The van der Waals surface area contributed by atoms with Crippen LogP contribution in [0.15, 0.2) is 57.6 Å². The summed E-state index contributed by atoms with van der Waals surface area (Å²) in [6.07, 6.45) is 0. The van der Waals surface area contributed by atoms with Crippen molar-refractivity contribution in [3.05, 3.63) is 53.6 Å². The summed E-state index contributed by atoms with van der Waals surface area (Å²) >= 11 is 0. The van der Waals surface area contributed by atoms with Crippen LogP contribution in [0.2, 0.25) is 0 Å². The van der Waals surface area contributed by atoms with E-state index < -0.39 is 32.6 Å². The molecule has 0 heterocycles. The van der Waals surface area contributed by atoms with E-state index >= 15 is 0 Å². The van der Waals surface area contributed by atoms with Crippen LogP contribution in [0.1, 0.15) is 11.1 Å². The van der Waals surface area contributed by atoms with Gasteiger partial charge in [0.05, 0.1) is 34.0 Å². The first-order valence-electron chi connectivity index (χ1n) is 9.27. The molecule has 0 bridgehead atoms. The standard InChI is InChI=1S/C20H21N3O7S2/c1-12-11-14-3-8-17(21)19(18(14)20(24)13(12)2)23-22-15-4-6-16(7-5-15)31(25,26)10-9-30-32(27,28)29/h3-8,11,24H,9-10,21H2,1-2H3,(H,27,28,29). The number of phenolic OH excluding ortho intramolecular Hbond substituents is 1. The predicted molar refractivity (Wildman–Crippen MR) is 120 cm³/mol. The normalized spacial score (nSPS) is 12.6. The summed E-state index contributed by atoms with van der Waals surface area (Å²) in [5, 5.41) is 20.1. The second-order valence-corrected chi connectivity index (χ2v) is 10.2. The van der Waals surface area contributed by atoms with Crippen LogP contribution in [0.25, 0.3) is 10.8 Å². The molecule has 0 amide bonds. The van der Waals surface area contributed by atoms with Crippen molar-refractivity contribution < 1.29 is 30.7 Å². The Hall–Kier alpha value is -3.06. The minimum atomic E-state index is -4.72. The molecule has 0 atom stereocenters. The molecule has 3 aromatic carbocycles. The molecule has 32 heavy (non-hydrogen) atoms. The van der Waals surface area contributed by atoms with Gasteiger partial charge in [-0.1, -0.05) is 12.1 Å². The third-order valence-corrected chi connectivity index (χ3v) is 7.00. The zero-order valence-electron chi connectivity index (χ0n) is 17.2. The number of nitrogens with two attached hydrogens (primary N) is 1. The molecule has 0 aliphatic heterocycles. The van der Waals surface area contributed by atoms with Crippen molar-refractivity contribution in [3.8, 4) is 5.75 Å². The number of sulfone groups is 1. The van der Waals surface area contributed by atoms with E-state index in [1.807, 2.05) is 13.0 Å². The van der Waals surface area contributed by atoms with Crippen molar-refractivity contribution in [1.82, 2.24) is 0 Å². The van der Waals surface area contributed by atoms with E-state index in [1.165, 1.54) is 24.3 Å². The maximum Gasteiger partial charge on any atom is 0.397 e. The minimum absolute atomic E-state index is 0.0646. The Morgan fingerprint density at radius 3 is 2.28 bits per heavy atom. The zero-order chi connectivity index (χ0) is 23.7. The maximum absolute atomic E-state index is 12.2. The molecular weight excluding hydrogens is 458 g/mol. The van der Waals surface area contributed by atoms with E-state index in [2.05, 4.69) is 14.4 Å². The molecule has 170 valence electrons. The lowest BCUT2D eigenvalue weighted by atomic mass is 9.99. The fourth-order valence-corrected chi connectivity index (χ4v) is 4.50. The lowest BCUT2D eigenvalue weighted by molar-refractivity contribution is 0.284. The molecule has 0 saturated carbocycles. The largest absolute Gasteiger partial charge is 0.507 e. The Kier molecular flexibility index (Phi) is 6.51. The first kappa shape index (κ1) is 23.6. The molecule has 0 radical (unpaired) electrons. The molecule has 0 spiro atoms. The highest BCUT2D eigenvalue weighted by Crippen LogP contribution is 2.41. The van der Waals surface area contributed by atoms with Crippen molar-refractivity contribution >= 4 is 48.1 Å². The first-order chi connectivity index (χ1) is 14.9. The van der Waals surface area contributed by atoms with Crippen LogP contribution in [-0.2, 0) is 24.4 Å². The molecule has 0 aliphatic rings. The van der Waals surface area contributed by atoms with Crippen molar-refractivity contribution in [3.63, 3.8) is 0 Å². The number of azo groups is 1. The van der Waals surface area contributed by atoms with Crippen LogP contribution in [-0.4, -0.2) is 38.9 Å². The number of phenols is 1. The number of fused-ring (bicyclic) bond motifs is 1. The lowest BCUT2D eigenvalue weighted by Crippen LogP contribution is -2.15. The van der Waals surface area contributed by atoms with Gasteiger partial charge in [0.2, 0.25) is 0 Å². The van der Waals surface area contributed by atoms with Gasteiger partial charge in [0.25, 0.3) is 0 Å². The third kappa shape index (κ3) is 5.22. The average Bonchev–Trinajstić information content (AvgIpc) is 2.71. The Morgan fingerprint density at radius 2 is 1.66 bits per heavy atom. The average molecular weight is 480 g/mol. The molecule has 0 aromatic heterocycles. The van der Waals surface area contributed by atoms with Gasteiger partial charge in [-0.25, -0.2) is 12.6 Å². The number of nitrogen functional groups attached to an aromatic ring is 1. The van der Waals surface area contributed by atoms with Gasteiger partial charge in [0.1, 0.15) is 11.4 Å². The number of aromatic hydroxyl groups is 1. The molecular formula is C20H21N3O7S2. The van der Waals surface area contributed by atoms with Crippen LogP contribution < -0.4 is 5.73 Å². The number of hydrogen-bond acceptors (Lipinski definition) is 9. The topological polar surface area (TPSA) is 169 Å². The van der Waals surface area contributed by atoms with Crippen LogP contribution in [0.5, 0.6) is 5.75 Å². The number of rotatable bonds is 7. The van der Waals surface area contributed by atoms with E-state index in [4.69, 9.17) is 10.3 Å². The smallest absolute Gasteiger partial charge is 0.397 e. The summed E-state index contributed by atoms with van der Waals surface area (Å²) in [6, 6.07) is 10.8. The molecule has 0 aliphatic carbocycles. The van der Waals surface area contributed by atoms with Gasteiger partial charge < -0.3 is 10.8 Å². The van der Waals surface area contributed by atoms with E-state index in [1.54, 1.807) is 19.1 Å². The highest BCUT2D eigenvalue weighted by molar-refractivity contribution is 7.91. The molecule has 10 nitrogen and oxygen atoms in total. The third-order valence-electron chi connectivity index (χ3n) is 4.84. The first-order valence-corrected chi connectivity index (χ1v) is 12.3. The second-order valence-electron chi connectivity index (χ2n) is 7.03. The maximum atomic E-state index is 12.2. The fraction of sp³-hybridized carbons (Fsp3) is 0.200. The predicted octanol–water partition coefficient (Wildman–Crippen LogP) is 3.75. The molecule has 0 saturated heterocycles. The van der Waals surface area contributed by atoms with Crippen LogP contribution in [0.4, 0.5) is 17.1 Å². The van der Waals surface area contributed by atoms with Crippen LogP contribution >= 0.6 is 0 Å². The Balaban J connectivity index is 1.88. The van der Waals surface area contributed by atoms with E-state index in [9.17, 15) is 21.9 Å². The van der Waals surface area contributed by atoms with Gasteiger partial charge in [-0.05, 0) is 60.7 Å². The Labute approximate surface area is 185 Å². The SMILES string of the molecule is Cc1cc2ccc(N)c(N=Nc3ccc(S(=O)(=O)CCOS(=O)(=O)O)cc3)c2c(O)c1C. The molecule has 0 fully saturated rings. The summed E-state index contributed by atoms with van der Waals surface area (Å²) in [4.78, 5) is -0.0798. The molecule has 0 unspecified atom stereocenters. The van der Waals surface area contributed by atoms with Crippen molar-refractivity contribution in [1.29, 1.82) is 0 Å². The minimum Gasteiger partial charge on any atom is -0.507 e. The monoisotopic (exact) mass is 479 g/mol. The van der Waals surface area contributed by atoms with Gasteiger partial charge in [0, 0.05) is 0 Å². The zero-order valence-corrected chi connectivity index (χ0v) is 18.8. The van der Waals surface area contributed by atoms with Gasteiger partial charge in [-0.15, -0.1) is 5.11 Å². The summed E-state index contributed by atoms with van der Waals surface area (Å²) in [6.45, 7) is 2.95. The molecule has 3 rings (SSSR count). The number of nitrogens with zero attached hydrogens (tertiary/aromatic N) is 2. The Morgan fingerprint density at radius 1 is 1.00 bits per heavy atom. The van der Waals surface area contributed by atoms with E-state index in [-0.39, 0.29) is 10.6 Å².